The number of fused-ring (bicyclic) bond motifs is 1. The number of nitrogens with zero attached hydrogens (tertiary/aromatic N) is 2. The van der Waals surface area contributed by atoms with Crippen molar-refractivity contribution >= 4 is 28.5 Å². The topological polar surface area (TPSA) is 46.9 Å². The predicted molar refractivity (Wildman–Crippen MR) is 139 cm³/mol. The molecule has 33 heavy (non-hydrogen) atoms. The molecule has 4 nitrogen and oxygen atoms in total. The van der Waals surface area contributed by atoms with Gasteiger partial charge in [0.15, 0.2) is 0 Å². The molecule has 1 aromatic heterocycles. The summed E-state index contributed by atoms with van der Waals surface area (Å²) in [7, 11) is 0. The molecular formula is C28H38ClN3O. The van der Waals surface area contributed by atoms with E-state index in [9.17, 15) is 4.79 Å². The molecule has 3 aromatic rings. The average Bonchev–Trinajstić information content (AvgIpc) is 3.17. The number of nitrogens with one attached hydrogen (secondary N) is 1. The summed E-state index contributed by atoms with van der Waals surface area (Å²) in [6.07, 6.45) is 14.0. The minimum Gasteiger partial charge on any atom is -0.352 e. The van der Waals surface area contributed by atoms with E-state index in [2.05, 4.69) is 35.0 Å². The number of hydrogen-bond acceptors (Lipinski definition) is 2. The zero-order valence-electron chi connectivity index (χ0n) is 20.0. The molecule has 0 radical (unpaired) electrons. The predicted octanol–water partition coefficient (Wildman–Crippen LogP) is 7.58. The second kappa shape index (κ2) is 14.0. The molecule has 1 N–H and O–H groups in total. The van der Waals surface area contributed by atoms with Crippen molar-refractivity contribution in [3.63, 3.8) is 0 Å². The van der Waals surface area contributed by atoms with Gasteiger partial charge in [0, 0.05) is 30.1 Å². The molecule has 0 saturated heterocycles. The Labute approximate surface area is 203 Å². The summed E-state index contributed by atoms with van der Waals surface area (Å²) >= 11 is 6.01. The van der Waals surface area contributed by atoms with E-state index in [4.69, 9.17) is 16.6 Å². The van der Waals surface area contributed by atoms with E-state index >= 15 is 0 Å². The number of unbranched alkanes of at least 4 members (excludes halogenated alkanes) is 9. The SMILES string of the molecule is CCCCCCCCCCCCn1c(CCNC(=O)c2cccc(Cl)c2)nc2ccccc21. The summed E-state index contributed by atoms with van der Waals surface area (Å²) in [5, 5.41) is 3.57. The molecule has 3 rings (SSSR count). The minimum atomic E-state index is -0.102. The van der Waals surface area contributed by atoms with Crippen molar-refractivity contribution in [3.8, 4) is 0 Å². The Morgan fingerprint density at radius 2 is 1.61 bits per heavy atom. The van der Waals surface area contributed by atoms with Crippen molar-refractivity contribution in [1.82, 2.24) is 14.9 Å². The Hall–Kier alpha value is -2.33. The van der Waals surface area contributed by atoms with Crippen LogP contribution in [-0.4, -0.2) is 22.0 Å². The van der Waals surface area contributed by atoms with Gasteiger partial charge in [-0.05, 0) is 36.8 Å². The molecule has 1 amide bonds. The van der Waals surface area contributed by atoms with Gasteiger partial charge in [-0.25, -0.2) is 4.98 Å². The third kappa shape index (κ3) is 8.19. The zero-order valence-corrected chi connectivity index (χ0v) is 20.7. The van der Waals surface area contributed by atoms with Crippen molar-refractivity contribution in [1.29, 1.82) is 0 Å². The van der Waals surface area contributed by atoms with Crippen molar-refractivity contribution in [2.75, 3.05) is 6.54 Å². The summed E-state index contributed by atoms with van der Waals surface area (Å²) < 4.78 is 2.34. The van der Waals surface area contributed by atoms with Gasteiger partial charge >= 0.3 is 0 Å². The van der Waals surface area contributed by atoms with Crippen LogP contribution in [0, 0.1) is 0 Å². The molecule has 5 heteroatoms. The molecular weight excluding hydrogens is 430 g/mol. The molecule has 0 saturated carbocycles. The van der Waals surface area contributed by atoms with E-state index in [0.29, 0.717) is 23.6 Å². The number of carbonyl (C=O) groups is 1. The molecule has 0 atom stereocenters. The number of halogens is 1. The lowest BCUT2D eigenvalue weighted by atomic mass is 10.1. The number of aromatic nitrogens is 2. The largest absolute Gasteiger partial charge is 0.352 e. The summed E-state index contributed by atoms with van der Waals surface area (Å²) in [5.74, 6) is 0.938. The molecule has 0 unspecified atom stereocenters. The van der Waals surface area contributed by atoms with Crippen LogP contribution in [0.25, 0.3) is 11.0 Å². The molecule has 1 heterocycles. The number of hydrogen-bond donors (Lipinski definition) is 1. The Kier molecular flexibility index (Phi) is 10.8. The van der Waals surface area contributed by atoms with E-state index in [-0.39, 0.29) is 5.91 Å². The van der Waals surface area contributed by atoms with Gasteiger partial charge in [0.25, 0.3) is 5.91 Å². The van der Waals surface area contributed by atoms with Gasteiger partial charge in [-0.1, -0.05) is 94.5 Å². The lowest BCUT2D eigenvalue weighted by molar-refractivity contribution is 0.0954. The van der Waals surface area contributed by atoms with Gasteiger partial charge in [-0.15, -0.1) is 0 Å². The second-order valence-corrected chi connectivity index (χ2v) is 9.30. The maximum Gasteiger partial charge on any atom is 0.251 e. The molecule has 0 aliphatic carbocycles. The third-order valence-electron chi connectivity index (χ3n) is 6.19. The van der Waals surface area contributed by atoms with E-state index in [1.807, 2.05) is 6.07 Å². The monoisotopic (exact) mass is 467 g/mol. The quantitative estimate of drug-likeness (QED) is 0.234. The van der Waals surface area contributed by atoms with Crippen LogP contribution in [0.3, 0.4) is 0 Å². The first kappa shape index (κ1) is 25.3. The number of carbonyl (C=O) groups excluding carboxylic acids is 1. The molecule has 178 valence electrons. The zero-order chi connectivity index (χ0) is 23.3. The standard InChI is InChI=1S/C28H38ClN3O/c1-2-3-4-5-6-7-8-9-10-13-21-32-26-18-12-11-17-25(26)31-27(32)19-20-30-28(33)23-15-14-16-24(29)22-23/h11-12,14-18,22H,2-10,13,19-21H2,1H3,(H,30,33). The van der Waals surface area contributed by atoms with E-state index in [1.54, 1.807) is 24.3 Å². The summed E-state index contributed by atoms with van der Waals surface area (Å²) in [5.41, 5.74) is 2.80. The van der Waals surface area contributed by atoms with Crippen LogP contribution in [0.1, 0.15) is 87.3 Å². The fraction of sp³-hybridized carbons (Fsp3) is 0.500. The van der Waals surface area contributed by atoms with Crippen LogP contribution in [-0.2, 0) is 13.0 Å². The van der Waals surface area contributed by atoms with E-state index in [1.165, 1.54) is 63.3 Å². The van der Waals surface area contributed by atoms with Crippen LogP contribution >= 0.6 is 11.6 Å². The van der Waals surface area contributed by atoms with Crippen molar-refractivity contribution in [3.05, 3.63) is 64.9 Å². The summed E-state index contributed by atoms with van der Waals surface area (Å²) in [6, 6.07) is 15.4. The normalized spacial score (nSPS) is 11.2. The molecule has 0 spiro atoms. The van der Waals surface area contributed by atoms with Crippen LogP contribution < -0.4 is 5.32 Å². The van der Waals surface area contributed by atoms with E-state index in [0.717, 1.165) is 24.3 Å². The Morgan fingerprint density at radius 3 is 2.33 bits per heavy atom. The maximum absolute atomic E-state index is 12.4. The fourth-order valence-corrected chi connectivity index (χ4v) is 4.53. The van der Waals surface area contributed by atoms with Gasteiger partial charge in [0.2, 0.25) is 0 Å². The molecule has 0 aliphatic rings. The number of aryl methyl sites for hydroxylation is 1. The first-order valence-electron chi connectivity index (χ1n) is 12.7. The van der Waals surface area contributed by atoms with Crippen molar-refractivity contribution in [2.24, 2.45) is 0 Å². The molecule has 2 aromatic carbocycles. The number of benzene rings is 2. The fourth-order valence-electron chi connectivity index (χ4n) is 4.34. The molecule has 0 aliphatic heterocycles. The Balaban J connectivity index is 1.46. The highest BCUT2D eigenvalue weighted by molar-refractivity contribution is 6.30. The second-order valence-electron chi connectivity index (χ2n) is 8.87. The first-order chi connectivity index (χ1) is 16.2. The van der Waals surface area contributed by atoms with Crippen LogP contribution in [0.4, 0.5) is 0 Å². The van der Waals surface area contributed by atoms with Gasteiger partial charge in [0.1, 0.15) is 5.82 Å². The number of amides is 1. The maximum atomic E-state index is 12.4. The lowest BCUT2D eigenvalue weighted by Crippen LogP contribution is -2.26. The van der Waals surface area contributed by atoms with Gasteiger partial charge in [0.05, 0.1) is 11.0 Å². The Bertz CT molecular complexity index is 998. The highest BCUT2D eigenvalue weighted by Crippen LogP contribution is 2.18. The van der Waals surface area contributed by atoms with Crippen LogP contribution in [0.5, 0.6) is 0 Å². The number of rotatable bonds is 15. The summed E-state index contributed by atoms with van der Waals surface area (Å²) in [4.78, 5) is 17.3. The first-order valence-corrected chi connectivity index (χ1v) is 13.0. The van der Waals surface area contributed by atoms with Gasteiger partial charge in [-0.3, -0.25) is 4.79 Å². The van der Waals surface area contributed by atoms with Crippen LogP contribution in [0.2, 0.25) is 5.02 Å². The molecule has 0 bridgehead atoms. The van der Waals surface area contributed by atoms with Gasteiger partial charge < -0.3 is 9.88 Å². The van der Waals surface area contributed by atoms with Crippen molar-refractivity contribution < 1.29 is 4.79 Å². The van der Waals surface area contributed by atoms with Crippen molar-refractivity contribution in [2.45, 2.75) is 84.1 Å². The summed E-state index contributed by atoms with van der Waals surface area (Å²) in [6.45, 7) is 3.80. The Morgan fingerprint density at radius 1 is 0.909 bits per heavy atom. The van der Waals surface area contributed by atoms with Gasteiger partial charge in [-0.2, -0.15) is 0 Å². The minimum absolute atomic E-state index is 0.102. The smallest absolute Gasteiger partial charge is 0.251 e. The van der Waals surface area contributed by atoms with Crippen LogP contribution in [0.15, 0.2) is 48.5 Å². The lowest BCUT2D eigenvalue weighted by Gasteiger charge is -2.10. The highest BCUT2D eigenvalue weighted by Gasteiger charge is 2.11. The third-order valence-corrected chi connectivity index (χ3v) is 6.42. The van der Waals surface area contributed by atoms with E-state index < -0.39 is 0 Å². The average molecular weight is 468 g/mol. The molecule has 0 fully saturated rings. The number of imidazole rings is 1. The highest BCUT2D eigenvalue weighted by atomic mass is 35.5. The number of para-hydroxylation sites is 2.